The van der Waals surface area contributed by atoms with Crippen molar-refractivity contribution in [3.05, 3.63) is 51.9 Å². The van der Waals surface area contributed by atoms with E-state index in [4.69, 9.17) is 4.74 Å². The molecule has 0 saturated heterocycles. The lowest BCUT2D eigenvalue weighted by molar-refractivity contribution is 0.404. The smallest absolute Gasteiger partial charge is 0.264 e. The summed E-state index contributed by atoms with van der Waals surface area (Å²) in [7, 11) is 1.66. The van der Waals surface area contributed by atoms with E-state index in [0.29, 0.717) is 5.69 Å². The van der Waals surface area contributed by atoms with Gasteiger partial charge in [-0.15, -0.1) is 11.8 Å². The molecule has 2 aromatic rings. The fourth-order valence-electron chi connectivity index (χ4n) is 1.67. The Bertz CT molecular complexity index is 630. The lowest BCUT2D eigenvalue weighted by Gasteiger charge is -2.09. The first-order valence-corrected chi connectivity index (χ1v) is 6.92. The van der Waals surface area contributed by atoms with Crippen LogP contribution in [0.4, 0.5) is 0 Å². The summed E-state index contributed by atoms with van der Waals surface area (Å²) in [6.45, 7) is 0. The Hall–Kier alpha value is -2.01. The van der Waals surface area contributed by atoms with Crippen LogP contribution >= 0.6 is 11.8 Å². The molecule has 1 aromatic carbocycles. The van der Waals surface area contributed by atoms with Crippen molar-refractivity contribution in [2.75, 3.05) is 13.4 Å². The van der Waals surface area contributed by atoms with Crippen molar-refractivity contribution in [1.29, 1.82) is 0 Å². The van der Waals surface area contributed by atoms with Gasteiger partial charge in [-0.05, 0) is 30.5 Å². The van der Waals surface area contributed by atoms with E-state index in [1.165, 1.54) is 6.07 Å². The Balaban J connectivity index is 2.32. The van der Waals surface area contributed by atoms with Crippen molar-refractivity contribution in [3.63, 3.8) is 0 Å². The maximum atomic E-state index is 10.9. The largest absolute Gasteiger partial charge is 0.495 e. The Morgan fingerprint density at radius 1 is 1.26 bits per heavy atom. The van der Waals surface area contributed by atoms with Crippen LogP contribution in [0.25, 0.3) is 12.2 Å². The zero-order valence-corrected chi connectivity index (χ0v) is 11.5. The monoisotopic (exact) mass is 274 g/mol. The molecule has 0 aliphatic carbocycles. The molecule has 2 rings (SSSR count). The number of ether oxygens (including phenoxy) is 1. The Morgan fingerprint density at radius 2 is 2.11 bits per heavy atom. The third-order valence-corrected chi connectivity index (χ3v) is 3.33. The predicted octanol–water partition coefficient (Wildman–Crippen LogP) is 2.67. The van der Waals surface area contributed by atoms with Gasteiger partial charge in [0.25, 0.3) is 5.56 Å². The van der Waals surface area contributed by atoms with Crippen LogP contribution in [0, 0.1) is 0 Å². The molecule has 1 aromatic heterocycles. The number of hydrogen-bond acceptors (Lipinski definition) is 4. The fourth-order valence-corrected chi connectivity index (χ4v) is 2.27. The predicted molar refractivity (Wildman–Crippen MR) is 78.6 cm³/mol. The van der Waals surface area contributed by atoms with Crippen LogP contribution < -0.4 is 10.3 Å². The zero-order chi connectivity index (χ0) is 13.7. The first kappa shape index (κ1) is 13.4. The molecule has 19 heavy (non-hydrogen) atoms. The number of aromatic nitrogens is 2. The van der Waals surface area contributed by atoms with Crippen LogP contribution in [0.1, 0.15) is 11.3 Å². The SMILES string of the molecule is COc1c(C=Cc2ccc(=O)[nH]n2)cccc1SC. The number of nitrogens with zero attached hydrogens (tertiary/aromatic N) is 1. The Kier molecular flexibility index (Phi) is 4.41. The molecule has 0 aliphatic heterocycles. The Labute approximate surface area is 115 Å². The van der Waals surface area contributed by atoms with Crippen molar-refractivity contribution in [1.82, 2.24) is 10.2 Å². The molecule has 5 heteroatoms. The first-order chi connectivity index (χ1) is 9.24. The second-order valence-corrected chi connectivity index (χ2v) is 4.61. The van der Waals surface area contributed by atoms with Gasteiger partial charge in [-0.2, -0.15) is 5.10 Å². The molecule has 0 fully saturated rings. The molecule has 1 heterocycles. The topological polar surface area (TPSA) is 55.0 Å². The number of H-pyrrole nitrogens is 1. The summed E-state index contributed by atoms with van der Waals surface area (Å²) in [5, 5.41) is 6.32. The van der Waals surface area contributed by atoms with E-state index in [-0.39, 0.29) is 5.56 Å². The molecule has 0 aliphatic rings. The van der Waals surface area contributed by atoms with Crippen molar-refractivity contribution >= 4 is 23.9 Å². The van der Waals surface area contributed by atoms with Gasteiger partial charge in [0.05, 0.1) is 12.8 Å². The molecular weight excluding hydrogens is 260 g/mol. The van der Waals surface area contributed by atoms with E-state index in [9.17, 15) is 4.79 Å². The number of hydrogen-bond donors (Lipinski definition) is 1. The molecule has 98 valence electrons. The highest BCUT2D eigenvalue weighted by atomic mass is 32.2. The molecule has 0 saturated carbocycles. The van der Waals surface area contributed by atoms with Gasteiger partial charge >= 0.3 is 0 Å². The second-order valence-electron chi connectivity index (χ2n) is 3.76. The van der Waals surface area contributed by atoms with Gasteiger partial charge in [-0.1, -0.05) is 12.1 Å². The molecule has 1 N–H and O–H groups in total. The normalized spacial score (nSPS) is 10.8. The van der Waals surface area contributed by atoms with E-state index in [1.807, 2.05) is 36.6 Å². The summed E-state index contributed by atoms with van der Waals surface area (Å²) < 4.78 is 5.42. The van der Waals surface area contributed by atoms with Gasteiger partial charge in [-0.3, -0.25) is 4.79 Å². The van der Waals surface area contributed by atoms with Crippen LogP contribution in [-0.2, 0) is 0 Å². The van der Waals surface area contributed by atoms with Crippen molar-refractivity contribution < 1.29 is 4.74 Å². The van der Waals surface area contributed by atoms with E-state index < -0.39 is 0 Å². The molecule has 0 radical (unpaired) electrons. The minimum absolute atomic E-state index is 0.209. The zero-order valence-electron chi connectivity index (χ0n) is 10.7. The highest BCUT2D eigenvalue weighted by Crippen LogP contribution is 2.31. The summed E-state index contributed by atoms with van der Waals surface area (Å²) in [4.78, 5) is 12.0. The van der Waals surface area contributed by atoms with Crippen LogP contribution in [0.15, 0.2) is 40.0 Å². The van der Waals surface area contributed by atoms with E-state index in [0.717, 1.165) is 16.2 Å². The van der Waals surface area contributed by atoms with Crippen molar-refractivity contribution in [3.8, 4) is 5.75 Å². The highest BCUT2D eigenvalue weighted by molar-refractivity contribution is 7.98. The first-order valence-electron chi connectivity index (χ1n) is 5.69. The average molecular weight is 274 g/mol. The van der Waals surface area contributed by atoms with Crippen LogP contribution in [-0.4, -0.2) is 23.6 Å². The standard InChI is InChI=1S/C14H14N2O2S/c1-18-14-10(4-3-5-12(14)19-2)6-7-11-8-9-13(17)16-15-11/h3-9H,1-2H3,(H,16,17). The lowest BCUT2D eigenvalue weighted by Crippen LogP contribution is -2.05. The average Bonchev–Trinajstić information content (AvgIpc) is 2.46. The fraction of sp³-hybridized carbons (Fsp3) is 0.143. The lowest BCUT2D eigenvalue weighted by atomic mass is 10.1. The molecular formula is C14H14N2O2S. The van der Waals surface area contributed by atoms with Crippen molar-refractivity contribution in [2.24, 2.45) is 0 Å². The molecule has 0 bridgehead atoms. The number of thioether (sulfide) groups is 1. The van der Waals surface area contributed by atoms with Gasteiger partial charge in [0.2, 0.25) is 0 Å². The number of nitrogens with one attached hydrogen (secondary N) is 1. The highest BCUT2D eigenvalue weighted by Gasteiger charge is 2.05. The van der Waals surface area contributed by atoms with Crippen molar-refractivity contribution in [2.45, 2.75) is 4.90 Å². The molecule has 0 amide bonds. The molecule has 4 nitrogen and oxygen atoms in total. The maximum absolute atomic E-state index is 10.9. The van der Waals surface area contributed by atoms with Crippen LogP contribution in [0.5, 0.6) is 5.75 Å². The quantitative estimate of drug-likeness (QED) is 0.871. The maximum Gasteiger partial charge on any atom is 0.264 e. The molecule has 0 spiro atoms. The van der Waals surface area contributed by atoms with Crippen LogP contribution in [0.3, 0.4) is 0 Å². The van der Waals surface area contributed by atoms with Gasteiger partial charge in [0, 0.05) is 16.5 Å². The number of aromatic amines is 1. The summed E-state index contributed by atoms with van der Waals surface area (Å²) in [6.07, 6.45) is 5.76. The van der Waals surface area contributed by atoms with Gasteiger partial charge in [-0.25, -0.2) is 5.10 Å². The second kappa shape index (κ2) is 6.24. The Morgan fingerprint density at radius 3 is 2.74 bits per heavy atom. The summed E-state index contributed by atoms with van der Waals surface area (Å²) in [6, 6.07) is 9.08. The summed E-state index contributed by atoms with van der Waals surface area (Å²) in [5.74, 6) is 0.843. The van der Waals surface area contributed by atoms with Gasteiger partial charge in [0.1, 0.15) is 5.75 Å². The van der Waals surface area contributed by atoms with E-state index in [2.05, 4.69) is 10.2 Å². The van der Waals surface area contributed by atoms with Gasteiger partial charge in [0.15, 0.2) is 0 Å². The summed E-state index contributed by atoms with van der Waals surface area (Å²) in [5.41, 5.74) is 1.46. The third-order valence-electron chi connectivity index (χ3n) is 2.57. The number of methoxy groups -OCH3 is 1. The van der Waals surface area contributed by atoms with Crippen LogP contribution in [0.2, 0.25) is 0 Å². The number of para-hydroxylation sites is 1. The minimum atomic E-state index is -0.209. The van der Waals surface area contributed by atoms with E-state index in [1.54, 1.807) is 24.9 Å². The minimum Gasteiger partial charge on any atom is -0.495 e. The molecule has 0 atom stereocenters. The number of benzene rings is 1. The number of rotatable bonds is 4. The van der Waals surface area contributed by atoms with E-state index >= 15 is 0 Å². The summed E-state index contributed by atoms with van der Waals surface area (Å²) >= 11 is 1.64. The third kappa shape index (κ3) is 3.26. The molecule has 0 unspecified atom stereocenters. The van der Waals surface area contributed by atoms with Gasteiger partial charge < -0.3 is 4.74 Å².